The van der Waals surface area contributed by atoms with Gasteiger partial charge < -0.3 is 10.2 Å². The number of fused-ring (bicyclic) bond motifs is 1. The molecule has 5 nitrogen and oxygen atoms in total. The smallest absolute Gasteiger partial charge is 0.260 e. The Balaban J connectivity index is 1.54. The summed E-state index contributed by atoms with van der Waals surface area (Å²) in [4.78, 5) is 31.8. The molecule has 5 heteroatoms. The molecule has 1 aliphatic rings. The maximum Gasteiger partial charge on any atom is 0.260 e. The zero-order valence-corrected chi connectivity index (χ0v) is 16.5. The Morgan fingerprint density at radius 2 is 1.72 bits per heavy atom. The number of para-hydroxylation sites is 1. The highest BCUT2D eigenvalue weighted by atomic mass is 16.2. The quantitative estimate of drug-likeness (QED) is 0.733. The number of benzene rings is 2. The normalized spacial score (nSPS) is 16.2. The molecular weight excluding hydrogens is 362 g/mol. The second-order valence-electron chi connectivity index (χ2n) is 7.43. The summed E-state index contributed by atoms with van der Waals surface area (Å²) in [6.07, 6.45) is 3.84. The monoisotopic (exact) mass is 385 g/mol. The number of hydrogen-bond acceptors (Lipinski definition) is 3. The van der Waals surface area contributed by atoms with Gasteiger partial charge in [-0.1, -0.05) is 48.5 Å². The maximum absolute atomic E-state index is 13.2. The molecule has 2 amide bonds. The van der Waals surface area contributed by atoms with E-state index in [2.05, 4.69) is 10.3 Å². The van der Waals surface area contributed by atoms with E-state index < -0.39 is 0 Å². The first-order chi connectivity index (χ1) is 14.0. The van der Waals surface area contributed by atoms with Crippen LogP contribution in [0, 0.1) is 0 Å². The predicted octanol–water partition coefficient (Wildman–Crippen LogP) is 4.16. The zero-order valence-electron chi connectivity index (χ0n) is 16.5. The van der Waals surface area contributed by atoms with Gasteiger partial charge in [0.05, 0.1) is 17.2 Å². The molecule has 0 saturated heterocycles. The van der Waals surface area contributed by atoms with Crippen molar-refractivity contribution in [2.75, 3.05) is 4.90 Å². The molecule has 0 spiro atoms. The van der Waals surface area contributed by atoms with Crippen molar-refractivity contribution in [3.05, 3.63) is 95.3 Å². The number of anilines is 1. The molecule has 29 heavy (non-hydrogen) atoms. The Hall–Kier alpha value is -3.47. The van der Waals surface area contributed by atoms with Gasteiger partial charge >= 0.3 is 0 Å². The Morgan fingerprint density at radius 1 is 1.03 bits per heavy atom. The molecule has 0 saturated carbocycles. The van der Waals surface area contributed by atoms with E-state index in [4.69, 9.17) is 0 Å². The largest absolute Gasteiger partial charge is 0.345 e. The van der Waals surface area contributed by atoms with Gasteiger partial charge in [-0.05, 0) is 43.5 Å². The summed E-state index contributed by atoms with van der Waals surface area (Å²) in [5, 5.41) is 2.97. The van der Waals surface area contributed by atoms with Crippen LogP contribution in [0.1, 0.15) is 51.7 Å². The third-order valence-electron chi connectivity index (χ3n) is 5.32. The fraction of sp³-hybridized carbons (Fsp3) is 0.208. The lowest BCUT2D eigenvalue weighted by molar-refractivity contribution is 0.0939. The number of nitrogens with one attached hydrogen (secondary N) is 1. The summed E-state index contributed by atoms with van der Waals surface area (Å²) in [5.41, 5.74) is 3.89. The van der Waals surface area contributed by atoms with Crippen molar-refractivity contribution in [2.45, 2.75) is 32.4 Å². The zero-order chi connectivity index (χ0) is 20.4. The molecule has 2 heterocycles. The van der Waals surface area contributed by atoms with Gasteiger partial charge in [0.1, 0.15) is 0 Å². The van der Waals surface area contributed by atoms with Crippen LogP contribution in [-0.4, -0.2) is 22.8 Å². The van der Waals surface area contributed by atoms with Gasteiger partial charge in [-0.25, -0.2) is 0 Å². The van der Waals surface area contributed by atoms with Crippen LogP contribution in [-0.2, 0) is 6.42 Å². The molecule has 2 atom stereocenters. The van der Waals surface area contributed by atoms with Gasteiger partial charge in [-0.3, -0.25) is 14.6 Å². The van der Waals surface area contributed by atoms with Crippen LogP contribution in [0.2, 0.25) is 0 Å². The molecule has 0 radical (unpaired) electrons. The average Bonchev–Trinajstić information content (AvgIpc) is 3.09. The minimum atomic E-state index is -0.252. The second-order valence-corrected chi connectivity index (χ2v) is 7.43. The fourth-order valence-electron chi connectivity index (χ4n) is 3.80. The van der Waals surface area contributed by atoms with Crippen LogP contribution in [0.25, 0.3) is 0 Å². The summed E-state index contributed by atoms with van der Waals surface area (Å²) in [6, 6.07) is 19.2. The van der Waals surface area contributed by atoms with E-state index in [-0.39, 0.29) is 23.9 Å². The lowest BCUT2D eigenvalue weighted by Crippen LogP contribution is -2.36. The Bertz CT molecular complexity index is 1050. The number of rotatable bonds is 4. The number of amides is 2. The van der Waals surface area contributed by atoms with Crippen LogP contribution in [0.5, 0.6) is 0 Å². The first kappa shape index (κ1) is 18.9. The van der Waals surface area contributed by atoms with Crippen LogP contribution in [0.4, 0.5) is 5.69 Å². The lowest BCUT2D eigenvalue weighted by Gasteiger charge is -2.23. The number of carbonyl (C=O) groups excluding carboxylic acids is 2. The topological polar surface area (TPSA) is 62.3 Å². The third kappa shape index (κ3) is 3.76. The van der Waals surface area contributed by atoms with Crippen molar-refractivity contribution >= 4 is 17.5 Å². The average molecular weight is 385 g/mol. The Morgan fingerprint density at radius 3 is 2.52 bits per heavy atom. The van der Waals surface area contributed by atoms with Crippen LogP contribution >= 0.6 is 0 Å². The first-order valence-corrected chi connectivity index (χ1v) is 9.77. The van der Waals surface area contributed by atoms with Crippen molar-refractivity contribution in [1.82, 2.24) is 10.3 Å². The SMILES string of the molecule is CC(NC(=O)c1cncc(C(=O)N2c3ccccc3CC2C)c1)c1ccccc1. The van der Waals surface area contributed by atoms with Crippen molar-refractivity contribution in [3.8, 4) is 0 Å². The molecular formula is C24H23N3O2. The summed E-state index contributed by atoms with van der Waals surface area (Å²) in [5.74, 6) is -0.390. The van der Waals surface area contributed by atoms with E-state index in [9.17, 15) is 9.59 Å². The molecule has 1 N–H and O–H groups in total. The molecule has 0 aliphatic carbocycles. The molecule has 4 rings (SSSR count). The van der Waals surface area contributed by atoms with Gasteiger partial charge in [-0.15, -0.1) is 0 Å². The van der Waals surface area contributed by atoms with Gasteiger partial charge in [0, 0.05) is 24.1 Å². The summed E-state index contributed by atoms with van der Waals surface area (Å²) in [7, 11) is 0. The van der Waals surface area contributed by atoms with Crippen molar-refractivity contribution in [3.63, 3.8) is 0 Å². The number of nitrogens with zero attached hydrogens (tertiary/aromatic N) is 2. The highest BCUT2D eigenvalue weighted by Crippen LogP contribution is 2.33. The minimum Gasteiger partial charge on any atom is -0.345 e. The Kier molecular flexibility index (Phi) is 5.12. The fourth-order valence-corrected chi connectivity index (χ4v) is 3.80. The molecule has 1 aliphatic heterocycles. The molecule has 2 unspecified atom stereocenters. The summed E-state index contributed by atoms with van der Waals surface area (Å²) < 4.78 is 0. The second kappa shape index (κ2) is 7.87. The molecule has 0 fully saturated rings. The van der Waals surface area contributed by atoms with Gasteiger partial charge in [-0.2, -0.15) is 0 Å². The lowest BCUT2D eigenvalue weighted by atomic mass is 10.1. The van der Waals surface area contributed by atoms with E-state index in [1.807, 2.05) is 68.4 Å². The van der Waals surface area contributed by atoms with Gasteiger partial charge in [0.25, 0.3) is 11.8 Å². The van der Waals surface area contributed by atoms with E-state index in [0.717, 1.165) is 23.2 Å². The van der Waals surface area contributed by atoms with Crippen molar-refractivity contribution < 1.29 is 9.59 Å². The third-order valence-corrected chi connectivity index (χ3v) is 5.32. The first-order valence-electron chi connectivity index (χ1n) is 9.77. The standard InChI is InChI=1S/C24H23N3O2/c1-16-12-19-10-6-7-11-22(19)27(16)24(29)21-13-20(14-25-15-21)23(28)26-17(2)18-8-4-3-5-9-18/h3-11,13-17H,12H2,1-2H3,(H,26,28). The van der Waals surface area contributed by atoms with Crippen LogP contribution < -0.4 is 10.2 Å². The highest BCUT2D eigenvalue weighted by molar-refractivity contribution is 6.08. The Labute approximate surface area is 170 Å². The van der Waals surface area contributed by atoms with E-state index in [0.29, 0.717) is 11.1 Å². The van der Waals surface area contributed by atoms with Gasteiger partial charge in [0.15, 0.2) is 0 Å². The van der Waals surface area contributed by atoms with Crippen molar-refractivity contribution in [1.29, 1.82) is 0 Å². The van der Waals surface area contributed by atoms with Gasteiger partial charge in [0.2, 0.25) is 0 Å². The number of hydrogen-bond donors (Lipinski definition) is 1. The van der Waals surface area contributed by atoms with Crippen LogP contribution in [0.15, 0.2) is 73.1 Å². The maximum atomic E-state index is 13.2. The number of aromatic nitrogens is 1. The molecule has 3 aromatic rings. The highest BCUT2D eigenvalue weighted by Gasteiger charge is 2.31. The van der Waals surface area contributed by atoms with E-state index in [1.54, 1.807) is 11.0 Å². The molecule has 2 aromatic carbocycles. The number of carbonyl (C=O) groups is 2. The molecule has 146 valence electrons. The van der Waals surface area contributed by atoms with Crippen LogP contribution in [0.3, 0.4) is 0 Å². The number of pyridine rings is 1. The summed E-state index contributed by atoms with van der Waals surface area (Å²) >= 11 is 0. The van der Waals surface area contributed by atoms with E-state index in [1.165, 1.54) is 12.4 Å². The molecule has 0 bridgehead atoms. The minimum absolute atomic E-state index is 0.0653. The molecule has 1 aromatic heterocycles. The van der Waals surface area contributed by atoms with Crippen molar-refractivity contribution in [2.24, 2.45) is 0 Å². The predicted molar refractivity (Wildman–Crippen MR) is 113 cm³/mol. The summed E-state index contributed by atoms with van der Waals surface area (Å²) in [6.45, 7) is 3.96. The van der Waals surface area contributed by atoms with E-state index >= 15 is 0 Å².